The molecule has 4 heteroatoms. The van der Waals surface area contributed by atoms with E-state index >= 15 is 0 Å². The summed E-state index contributed by atoms with van der Waals surface area (Å²) in [6.07, 6.45) is 1.73. The molecular formula is C13H13FN2O. The summed E-state index contributed by atoms with van der Waals surface area (Å²) in [4.78, 5) is 4.09. The van der Waals surface area contributed by atoms with Crippen molar-refractivity contribution < 1.29 is 9.13 Å². The fourth-order valence-corrected chi connectivity index (χ4v) is 1.44. The number of hydrogen-bond acceptors (Lipinski definition) is 3. The van der Waals surface area contributed by atoms with Crippen LogP contribution in [0.25, 0.3) is 0 Å². The van der Waals surface area contributed by atoms with Crippen molar-refractivity contribution in [1.82, 2.24) is 4.98 Å². The van der Waals surface area contributed by atoms with Crippen molar-refractivity contribution in [2.75, 3.05) is 12.4 Å². The molecule has 0 aliphatic heterocycles. The highest BCUT2D eigenvalue weighted by atomic mass is 19.1. The van der Waals surface area contributed by atoms with Crippen LogP contribution in [0.1, 0.15) is 5.56 Å². The number of hydrogen-bond donors (Lipinski definition) is 1. The first-order valence-electron chi connectivity index (χ1n) is 5.26. The van der Waals surface area contributed by atoms with Crippen LogP contribution in [0.5, 0.6) is 5.88 Å². The van der Waals surface area contributed by atoms with Gasteiger partial charge in [0.2, 0.25) is 5.88 Å². The Bertz CT molecular complexity index is 485. The van der Waals surface area contributed by atoms with Gasteiger partial charge in [0.1, 0.15) is 5.82 Å². The van der Waals surface area contributed by atoms with Crippen molar-refractivity contribution in [2.45, 2.75) is 6.54 Å². The molecule has 17 heavy (non-hydrogen) atoms. The zero-order valence-corrected chi connectivity index (χ0v) is 9.48. The van der Waals surface area contributed by atoms with E-state index < -0.39 is 0 Å². The van der Waals surface area contributed by atoms with Crippen LogP contribution in [0.15, 0.2) is 42.6 Å². The van der Waals surface area contributed by atoms with Crippen molar-refractivity contribution in [1.29, 1.82) is 0 Å². The number of methoxy groups -OCH3 is 1. The summed E-state index contributed by atoms with van der Waals surface area (Å²) in [7, 11) is 1.58. The monoisotopic (exact) mass is 232 g/mol. The van der Waals surface area contributed by atoms with Crippen molar-refractivity contribution in [3.8, 4) is 5.88 Å². The van der Waals surface area contributed by atoms with Crippen molar-refractivity contribution in [3.05, 3.63) is 54.0 Å². The quantitative estimate of drug-likeness (QED) is 0.880. The fourth-order valence-electron chi connectivity index (χ4n) is 1.44. The Morgan fingerprint density at radius 1 is 1.29 bits per heavy atom. The van der Waals surface area contributed by atoms with E-state index in [1.165, 1.54) is 12.1 Å². The van der Waals surface area contributed by atoms with E-state index in [1.807, 2.05) is 12.1 Å². The lowest BCUT2D eigenvalue weighted by molar-refractivity contribution is 0.397. The summed E-state index contributed by atoms with van der Waals surface area (Å²) in [5.74, 6) is 0.336. The fraction of sp³-hybridized carbons (Fsp3) is 0.154. The maximum atomic E-state index is 12.9. The molecule has 3 nitrogen and oxygen atoms in total. The molecule has 0 saturated carbocycles. The number of aromatic nitrogens is 1. The Labute approximate surface area is 99.3 Å². The van der Waals surface area contributed by atoms with E-state index in [1.54, 1.807) is 25.4 Å². The van der Waals surface area contributed by atoms with Crippen molar-refractivity contribution >= 4 is 5.69 Å². The average molecular weight is 232 g/mol. The minimum Gasteiger partial charge on any atom is -0.481 e. The van der Waals surface area contributed by atoms with Crippen LogP contribution in [0.3, 0.4) is 0 Å². The standard InChI is InChI=1S/C13H13FN2O/c1-17-13-6-5-10(9-16-13)8-15-12-4-2-3-11(14)7-12/h2-7,9,15H,8H2,1H3. The number of anilines is 1. The Morgan fingerprint density at radius 2 is 2.18 bits per heavy atom. The van der Waals surface area contributed by atoms with Gasteiger partial charge < -0.3 is 10.1 Å². The first kappa shape index (κ1) is 11.4. The maximum absolute atomic E-state index is 12.9. The number of nitrogens with zero attached hydrogens (tertiary/aromatic N) is 1. The second-order valence-electron chi connectivity index (χ2n) is 3.57. The minimum atomic E-state index is -0.247. The molecule has 2 aromatic rings. The summed E-state index contributed by atoms with van der Waals surface area (Å²) in [6, 6.07) is 10.1. The molecule has 1 aromatic heterocycles. The van der Waals surface area contributed by atoms with Gasteiger partial charge in [-0.25, -0.2) is 9.37 Å². The highest BCUT2D eigenvalue weighted by Gasteiger charge is 1.97. The molecule has 1 aromatic carbocycles. The maximum Gasteiger partial charge on any atom is 0.212 e. The average Bonchev–Trinajstić information content (AvgIpc) is 2.37. The predicted molar refractivity (Wildman–Crippen MR) is 64.5 cm³/mol. The van der Waals surface area contributed by atoms with Gasteiger partial charge in [0.15, 0.2) is 0 Å². The summed E-state index contributed by atoms with van der Waals surface area (Å²) >= 11 is 0. The molecule has 0 saturated heterocycles. The number of ether oxygens (including phenoxy) is 1. The van der Waals surface area contributed by atoms with Gasteiger partial charge in [-0.2, -0.15) is 0 Å². The minimum absolute atomic E-state index is 0.247. The Kier molecular flexibility index (Phi) is 3.55. The van der Waals surface area contributed by atoms with E-state index in [-0.39, 0.29) is 5.82 Å². The van der Waals surface area contributed by atoms with Gasteiger partial charge in [-0.3, -0.25) is 0 Å². The summed E-state index contributed by atoms with van der Waals surface area (Å²) < 4.78 is 17.9. The van der Waals surface area contributed by atoms with E-state index in [9.17, 15) is 4.39 Å². The van der Waals surface area contributed by atoms with Gasteiger partial charge in [0.05, 0.1) is 7.11 Å². The number of benzene rings is 1. The molecular weight excluding hydrogens is 219 g/mol. The number of pyridine rings is 1. The molecule has 1 heterocycles. The second kappa shape index (κ2) is 5.30. The summed E-state index contributed by atoms with van der Waals surface area (Å²) in [5.41, 5.74) is 1.76. The smallest absolute Gasteiger partial charge is 0.212 e. The summed E-state index contributed by atoms with van der Waals surface area (Å²) in [5, 5.41) is 3.12. The highest BCUT2D eigenvalue weighted by Crippen LogP contribution is 2.12. The van der Waals surface area contributed by atoms with Gasteiger partial charge in [0, 0.05) is 24.5 Å². The van der Waals surface area contributed by atoms with Crippen LogP contribution in [-0.4, -0.2) is 12.1 Å². The second-order valence-corrected chi connectivity index (χ2v) is 3.57. The van der Waals surface area contributed by atoms with E-state index in [0.29, 0.717) is 12.4 Å². The SMILES string of the molecule is COc1ccc(CNc2cccc(F)c2)cn1. The molecule has 88 valence electrons. The summed E-state index contributed by atoms with van der Waals surface area (Å²) in [6.45, 7) is 0.598. The molecule has 0 spiro atoms. The molecule has 0 aliphatic carbocycles. The van der Waals surface area contributed by atoms with Crippen LogP contribution >= 0.6 is 0 Å². The van der Waals surface area contributed by atoms with Crippen LogP contribution in [0, 0.1) is 5.82 Å². The Hall–Kier alpha value is -2.10. The normalized spacial score (nSPS) is 10.0. The topological polar surface area (TPSA) is 34.1 Å². The first-order valence-corrected chi connectivity index (χ1v) is 5.26. The molecule has 0 unspecified atom stereocenters. The van der Waals surface area contributed by atoms with Crippen LogP contribution in [-0.2, 0) is 6.54 Å². The van der Waals surface area contributed by atoms with Crippen molar-refractivity contribution in [2.24, 2.45) is 0 Å². The van der Waals surface area contributed by atoms with Gasteiger partial charge in [0.25, 0.3) is 0 Å². The van der Waals surface area contributed by atoms with Gasteiger partial charge in [-0.05, 0) is 23.8 Å². The molecule has 0 radical (unpaired) electrons. The van der Waals surface area contributed by atoms with E-state index in [0.717, 1.165) is 11.3 Å². The number of halogens is 1. The molecule has 0 amide bonds. The molecule has 0 aliphatic rings. The number of nitrogens with one attached hydrogen (secondary N) is 1. The Balaban J connectivity index is 1.97. The molecule has 0 atom stereocenters. The Morgan fingerprint density at radius 3 is 2.82 bits per heavy atom. The van der Waals surface area contributed by atoms with Crippen LogP contribution < -0.4 is 10.1 Å². The van der Waals surface area contributed by atoms with Crippen LogP contribution in [0.4, 0.5) is 10.1 Å². The van der Waals surface area contributed by atoms with Gasteiger partial charge in [-0.15, -0.1) is 0 Å². The zero-order valence-electron chi connectivity index (χ0n) is 9.48. The number of rotatable bonds is 4. The van der Waals surface area contributed by atoms with Crippen molar-refractivity contribution in [3.63, 3.8) is 0 Å². The molecule has 2 rings (SSSR count). The first-order chi connectivity index (χ1) is 8.28. The lowest BCUT2D eigenvalue weighted by Gasteiger charge is -2.06. The van der Waals surface area contributed by atoms with E-state index in [2.05, 4.69) is 10.3 Å². The van der Waals surface area contributed by atoms with E-state index in [4.69, 9.17) is 4.74 Å². The lowest BCUT2D eigenvalue weighted by Crippen LogP contribution is -2.00. The third-order valence-electron chi connectivity index (χ3n) is 2.33. The third-order valence-corrected chi connectivity index (χ3v) is 2.33. The molecule has 0 fully saturated rings. The zero-order chi connectivity index (χ0) is 12.1. The third kappa shape index (κ3) is 3.17. The van der Waals surface area contributed by atoms with Gasteiger partial charge >= 0.3 is 0 Å². The van der Waals surface area contributed by atoms with Gasteiger partial charge in [-0.1, -0.05) is 12.1 Å². The molecule has 1 N–H and O–H groups in total. The highest BCUT2D eigenvalue weighted by molar-refractivity contribution is 5.43. The van der Waals surface area contributed by atoms with Crippen LogP contribution in [0.2, 0.25) is 0 Å². The molecule has 0 bridgehead atoms. The largest absolute Gasteiger partial charge is 0.481 e. The predicted octanol–water partition coefficient (Wildman–Crippen LogP) is 2.84. The lowest BCUT2D eigenvalue weighted by atomic mass is 10.2.